The van der Waals surface area contributed by atoms with E-state index in [0.717, 1.165) is 19.6 Å². The third-order valence-corrected chi connectivity index (χ3v) is 4.02. The first kappa shape index (κ1) is 8.47. The Kier molecular flexibility index (Phi) is 2.34. The Labute approximate surface area is 89.9 Å². The molecule has 2 rings (SSSR count). The van der Waals surface area contributed by atoms with Crippen LogP contribution in [0, 0.1) is 0 Å². The van der Waals surface area contributed by atoms with E-state index in [1.54, 1.807) is 29.3 Å². The molecule has 0 saturated heterocycles. The van der Waals surface area contributed by atoms with Crippen LogP contribution in [0.3, 0.4) is 0 Å². The zero-order valence-electron chi connectivity index (χ0n) is 5.75. The molecule has 0 aliphatic carbocycles. The van der Waals surface area contributed by atoms with E-state index in [1.807, 2.05) is 0 Å². The minimum Gasteiger partial charge on any atom is -0.461 e. The summed E-state index contributed by atoms with van der Waals surface area (Å²) in [6.45, 7) is 0. The summed E-state index contributed by atoms with van der Waals surface area (Å²) in [5, 5.41) is 0. The second kappa shape index (κ2) is 3.32. The standard InChI is InChI=1S/C7H3Br2NOS/c8-4-2-11-7(6(4)9)5-1-10-3-12-5/h1-3H. The van der Waals surface area contributed by atoms with Gasteiger partial charge in [-0.1, -0.05) is 0 Å². The average Bonchev–Trinajstić information content (AvgIpc) is 2.64. The van der Waals surface area contributed by atoms with E-state index in [1.165, 1.54) is 0 Å². The topological polar surface area (TPSA) is 26.0 Å². The molecule has 0 atom stereocenters. The summed E-state index contributed by atoms with van der Waals surface area (Å²) >= 11 is 8.30. The van der Waals surface area contributed by atoms with Crippen molar-refractivity contribution in [3.63, 3.8) is 0 Å². The van der Waals surface area contributed by atoms with Gasteiger partial charge in [-0.15, -0.1) is 11.3 Å². The Morgan fingerprint density at radius 1 is 1.42 bits per heavy atom. The van der Waals surface area contributed by atoms with Crippen LogP contribution in [0.1, 0.15) is 0 Å². The van der Waals surface area contributed by atoms with Crippen molar-refractivity contribution >= 4 is 43.2 Å². The van der Waals surface area contributed by atoms with Crippen LogP contribution < -0.4 is 0 Å². The molecule has 0 aliphatic rings. The molecule has 0 aliphatic heterocycles. The average molecular weight is 309 g/mol. The predicted octanol–water partition coefficient (Wildman–Crippen LogP) is 3.93. The molecule has 2 aromatic heterocycles. The highest BCUT2D eigenvalue weighted by Crippen LogP contribution is 2.37. The third-order valence-electron chi connectivity index (χ3n) is 1.35. The molecule has 2 nitrogen and oxygen atoms in total. The maximum Gasteiger partial charge on any atom is 0.160 e. The van der Waals surface area contributed by atoms with Crippen molar-refractivity contribution in [2.24, 2.45) is 0 Å². The second-order valence-corrected chi connectivity index (χ2v) is 4.63. The SMILES string of the molecule is Brc1coc(-c2cncs2)c1Br. The molecule has 0 spiro atoms. The number of hydrogen-bond acceptors (Lipinski definition) is 3. The van der Waals surface area contributed by atoms with Gasteiger partial charge in [0.25, 0.3) is 0 Å². The molecular formula is C7H3Br2NOS. The fraction of sp³-hybridized carbons (Fsp3) is 0. The number of thiazole rings is 1. The number of nitrogens with zero attached hydrogens (tertiary/aromatic N) is 1. The normalized spacial score (nSPS) is 10.5. The minimum atomic E-state index is 0.823. The minimum absolute atomic E-state index is 0.823. The van der Waals surface area contributed by atoms with Crippen LogP contribution in [0.2, 0.25) is 0 Å². The second-order valence-electron chi connectivity index (χ2n) is 2.09. The summed E-state index contributed by atoms with van der Waals surface area (Å²) < 4.78 is 7.18. The fourth-order valence-corrected chi connectivity index (χ4v) is 2.24. The van der Waals surface area contributed by atoms with Gasteiger partial charge in [-0.3, -0.25) is 4.98 Å². The van der Waals surface area contributed by atoms with Crippen LogP contribution in [0.15, 0.2) is 31.3 Å². The van der Waals surface area contributed by atoms with E-state index in [2.05, 4.69) is 36.8 Å². The molecule has 0 saturated carbocycles. The van der Waals surface area contributed by atoms with Crippen molar-refractivity contribution in [1.82, 2.24) is 4.98 Å². The van der Waals surface area contributed by atoms with Crippen molar-refractivity contribution in [2.75, 3.05) is 0 Å². The number of furan rings is 1. The van der Waals surface area contributed by atoms with Gasteiger partial charge in [-0.25, -0.2) is 0 Å². The maximum absolute atomic E-state index is 5.32. The number of rotatable bonds is 1. The van der Waals surface area contributed by atoms with Crippen LogP contribution in [-0.2, 0) is 0 Å². The lowest BCUT2D eigenvalue weighted by atomic mass is 10.4. The van der Waals surface area contributed by atoms with Gasteiger partial charge in [0, 0.05) is 6.20 Å². The van der Waals surface area contributed by atoms with Gasteiger partial charge in [-0.2, -0.15) is 0 Å². The summed E-state index contributed by atoms with van der Waals surface area (Å²) in [6.07, 6.45) is 3.43. The van der Waals surface area contributed by atoms with Gasteiger partial charge in [0.2, 0.25) is 0 Å². The Hall–Kier alpha value is -0.130. The number of hydrogen-bond donors (Lipinski definition) is 0. The number of halogens is 2. The molecule has 0 unspecified atom stereocenters. The van der Waals surface area contributed by atoms with E-state index in [0.29, 0.717) is 0 Å². The monoisotopic (exact) mass is 307 g/mol. The summed E-state index contributed by atoms with van der Waals surface area (Å²) in [5.74, 6) is 0.823. The molecule has 0 radical (unpaired) electrons. The van der Waals surface area contributed by atoms with Gasteiger partial charge < -0.3 is 4.42 Å². The lowest BCUT2D eigenvalue weighted by Gasteiger charge is -1.89. The van der Waals surface area contributed by atoms with Crippen LogP contribution in [0.25, 0.3) is 10.6 Å². The van der Waals surface area contributed by atoms with E-state index >= 15 is 0 Å². The van der Waals surface area contributed by atoms with Crippen molar-refractivity contribution < 1.29 is 4.42 Å². The molecule has 2 aromatic rings. The Bertz CT molecular complexity index is 382. The fourth-order valence-electron chi connectivity index (χ4n) is 0.817. The lowest BCUT2D eigenvalue weighted by molar-refractivity contribution is 0.581. The molecular weight excluding hydrogens is 306 g/mol. The predicted molar refractivity (Wildman–Crippen MR) is 55.2 cm³/mol. The van der Waals surface area contributed by atoms with Crippen LogP contribution in [-0.4, -0.2) is 4.98 Å². The highest BCUT2D eigenvalue weighted by atomic mass is 79.9. The van der Waals surface area contributed by atoms with Crippen LogP contribution in [0.5, 0.6) is 0 Å². The molecule has 0 amide bonds. The highest BCUT2D eigenvalue weighted by Gasteiger charge is 2.11. The van der Waals surface area contributed by atoms with Crippen molar-refractivity contribution in [3.8, 4) is 10.6 Å². The Morgan fingerprint density at radius 2 is 2.25 bits per heavy atom. The molecule has 2 heterocycles. The van der Waals surface area contributed by atoms with E-state index in [-0.39, 0.29) is 0 Å². The highest BCUT2D eigenvalue weighted by molar-refractivity contribution is 9.13. The van der Waals surface area contributed by atoms with Gasteiger partial charge in [0.15, 0.2) is 5.76 Å². The Balaban J connectivity index is 2.55. The van der Waals surface area contributed by atoms with E-state index in [4.69, 9.17) is 4.42 Å². The number of aromatic nitrogens is 1. The van der Waals surface area contributed by atoms with Crippen LogP contribution in [0.4, 0.5) is 0 Å². The zero-order chi connectivity index (χ0) is 8.55. The van der Waals surface area contributed by atoms with Gasteiger partial charge >= 0.3 is 0 Å². The lowest BCUT2D eigenvalue weighted by Crippen LogP contribution is -1.65. The molecule has 0 aromatic carbocycles. The van der Waals surface area contributed by atoms with Gasteiger partial charge in [0.1, 0.15) is 6.26 Å². The molecule has 62 valence electrons. The van der Waals surface area contributed by atoms with E-state index < -0.39 is 0 Å². The third kappa shape index (κ3) is 1.36. The first-order valence-electron chi connectivity index (χ1n) is 3.10. The first-order valence-corrected chi connectivity index (χ1v) is 5.57. The smallest absolute Gasteiger partial charge is 0.160 e. The van der Waals surface area contributed by atoms with Gasteiger partial charge in [-0.05, 0) is 31.9 Å². The quantitative estimate of drug-likeness (QED) is 0.798. The van der Waals surface area contributed by atoms with Crippen molar-refractivity contribution in [3.05, 3.63) is 26.9 Å². The summed E-state index contributed by atoms with van der Waals surface area (Å²) in [6, 6.07) is 0. The van der Waals surface area contributed by atoms with E-state index in [9.17, 15) is 0 Å². The van der Waals surface area contributed by atoms with Crippen molar-refractivity contribution in [1.29, 1.82) is 0 Å². The maximum atomic E-state index is 5.32. The summed E-state index contributed by atoms with van der Waals surface area (Å²) in [7, 11) is 0. The molecule has 12 heavy (non-hydrogen) atoms. The molecule has 5 heteroatoms. The molecule has 0 fully saturated rings. The van der Waals surface area contributed by atoms with Crippen molar-refractivity contribution in [2.45, 2.75) is 0 Å². The zero-order valence-corrected chi connectivity index (χ0v) is 9.74. The largest absolute Gasteiger partial charge is 0.461 e. The molecule has 0 N–H and O–H groups in total. The summed E-state index contributed by atoms with van der Waals surface area (Å²) in [4.78, 5) is 4.99. The summed E-state index contributed by atoms with van der Waals surface area (Å²) in [5.41, 5.74) is 1.78. The first-order chi connectivity index (χ1) is 5.79. The van der Waals surface area contributed by atoms with Crippen LogP contribution >= 0.6 is 43.2 Å². The Morgan fingerprint density at radius 3 is 2.75 bits per heavy atom. The van der Waals surface area contributed by atoms with Gasteiger partial charge in [0.05, 0.1) is 19.3 Å². The molecule has 0 bridgehead atoms.